The fourth-order valence-corrected chi connectivity index (χ4v) is 10.7. The van der Waals surface area contributed by atoms with Crippen molar-refractivity contribution in [1.82, 2.24) is 49.2 Å². The van der Waals surface area contributed by atoms with E-state index in [-0.39, 0.29) is 29.8 Å². The van der Waals surface area contributed by atoms with Crippen LogP contribution in [0.3, 0.4) is 0 Å². The van der Waals surface area contributed by atoms with Crippen LogP contribution in [0.15, 0.2) is 103 Å². The predicted octanol–water partition coefficient (Wildman–Crippen LogP) is 5.73. The van der Waals surface area contributed by atoms with Gasteiger partial charge in [0.15, 0.2) is 9.92 Å². The van der Waals surface area contributed by atoms with Crippen LogP contribution in [0.1, 0.15) is 79.0 Å². The second-order valence-electron chi connectivity index (χ2n) is 15.9. The van der Waals surface area contributed by atoms with E-state index in [1.54, 1.807) is 34.6 Å². The summed E-state index contributed by atoms with van der Waals surface area (Å²) in [5.41, 5.74) is 5.75. The largest absolute Gasteiger partial charge is 0.387 e. The van der Waals surface area contributed by atoms with Crippen LogP contribution in [0.25, 0.3) is 37.5 Å². The number of thiazole rings is 2. The molecule has 0 saturated carbocycles. The summed E-state index contributed by atoms with van der Waals surface area (Å²) >= 11 is 3.10. The number of aromatic amines is 1. The van der Waals surface area contributed by atoms with Crippen molar-refractivity contribution in [2.45, 2.75) is 63.2 Å². The van der Waals surface area contributed by atoms with Crippen LogP contribution in [-0.2, 0) is 19.2 Å². The van der Waals surface area contributed by atoms with Gasteiger partial charge in [-0.2, -0.15) is 0 Å². The van der Waals surface area contributed by atoms with Gasteiger partial charge in [-0.3, -0.25) is 33.0 Å². The minimum Gasteiger partial charge on any atom is -0.387 e. The number of benzene rings is 2. The lowest BCUT2D eigenvalue weighted by molar-refractivity contribution is -0.138. The Morgan fingerprint density at radius 1 is 0.778 bits per heavy atom. The monoisotopic (exact) mass is 881 g/mol. The Kier molecular flexibility index (Phi) is 10.8. The summed E-state index contributed by atoms with van der Waals surface area (Å²) < 4.78 is 3.99. The third-order valence-electron chi connectivity index (χ3n) is 11.8. The molecule has 2 saturated heterocycles. The Hall–Kier alpha value is -6.76. The zero-order chi connectivity index (χ0) is 43.2. The number of hydrogen-bond acceptors (Lipinski definition) is 11. The summed E-state index contributed by atoms with van der Waals surface area (Å²) in [6, 6.07) is 16.3. The summed E-state index contributed by atoms with van der Waals surface area (Å²) in [7, 11) is 0. The molecule has 10 rings (SSSR count). The number of nitrogens with zero attached hydrogens (tertiary/aromatic N) is 8. The van der Waals surface area contributed by atoms with Crippen molar-refractivity contribution in [3.8, 4) is 22.0 Å². The van der Waals surface area contributed by atoms with Crippen LogP contribution in [0.5, 0.6) is 0 Å². The van der Waals surface area contributed by atoms with E-state index >= 15 is 0 Å². The molecule has 7 aromatic rings. The number of allylic oxidation sites excluding steroid dienone is 1. The van der Waals surface area contributed by atoms with Crippen LogP contribution >= 0.6 is 22.7 Å². The zero-order valence-corrected chi connectivity index (χ0v) is 35.8. The van der Waals surface area contributed by atoms with E-state index in [0.717, 1.165) is 79.3 Å². The quantitative estimate of drug-likeness (QED) is 0.120. The van der Waals surface area contributed by atoms with Crippen LogP contribution in [0, 0.1) is 0 Å². The number of likely N-dealkylation sites (tertiary alicyclic amines) is 2. The lowest BCUT2D eigenvalue weighted by Gasteiger charge is -2.29. The number of amides is 4. The number of aliphatic imine (C=N–C) groups is 1. The standard InChI is InChI=1S/C45H43N11O5S2/c1-26(58)48-39(27-10-4-2-5-11-27)42(60)55-16-8-14-34(55)30-18-29(19-46-30)36-23-53-21-32(50-44(53)62-36)33-22-54-24-37(63-45(54)51-33)31-20-47-41(49-31)35-15-9-17-56(35)43(61)40(52-38(59)25-57)28-12-6-3-7-13-28/h2-7,10-13,19-24,34-35,39-40,57H,8-9,14-18,25H2,1H3,(H,47,49)(H,48,58)(H,52,59)/t34?,35-,39+,40+/m0/s1. The summed E-state index contributed by atoms with van der Waals surface area (Å²) in [6.45, 7) is 1.86. The van der Waals surface area contributed by atoms with E-state index in [4.69, 9.17) is 19.9 Å². The number of nitrogens with one attached hydrogen (secondary N) is 3. The number of hydrogen-bond donors (Lipinski definition) is 4. The second-order valence-corrected chi connectivity index (χ2v) is 18.0. The average molecular weight is 882 g/mol. The highest BCUT2D eigenvalue weighted by Gasteiger charge is 2.39. The van der Waals surface area contributed by atoms with Gasteiger partial charge in [-0.25, -0.2) is 15.0 Å². The van der Waals surface area contributed by atoms with Gasteiger partial charge in [0.25, 0.3) is 0 Å². The minimum atomic E-state index is -0.924. The molecule has 63 heavy (non-hydrogen) atoms. The Balaban J connectivity index is 0.799. The predicted molar refractivity (Wildman–Crippen MR) is 239 cm³/mol. The van der Waals surface area contributed by atoms with E-state index in [0.29, 0.717) is 30.9 Å². The SMILES string of the molecule is CC(=O)N[C@@H](C(=O)N1CCCC1C1=NC=C(c2cn3cc(-c4cn5cc(-c6cnc([C@@H]7CCCN7C(=O)[C@H](NC(=O)CO)c7ccccc7)[nH]6)sc5n4)nc3s2)C1)c1ccccc1. The molecule has 320 valence electrons. The maximum Gasteiger partial charge on any atom is 0.250 e. The van der Waals surface area contributed by atoms with E-state index in [1.807, 2.05) is 87.0 Å². The van der Waals surface area contributed by atoms with Crippen LogP contribution in [0.2, 0.25) is 0 Å². The number of aliphatic hydroxyl groups excluding tert-OH is 1. The molecule has 0 aliphatic carbocycles. The molecule has 4 N–H and O–H groups in total. The van der Waals surface area contributed by atoms with Crippen molar-refractivity contribution < 1.29 is 24.3 Å². The molecule has 4 atom stereocenters. The van der Waals surface area contributed by atoms with Crippen LogP contribution < -0.4 is 10.6 Å². The van der Waals surface area contributed by atoms with Crippen LogP contribution in [0.4, 0.5) is 0 Å². The third kappa shape index (κ3) is 7.85. The molecule has 18 heteroatoms. The fourth-order valence-electron chi connectivity index (χ4n) is 8.84. The first kappa shape index (κ1) is 40.3. The Morgan fingerprint density at radius 2 is 1.35 bits per heavy atom. The van der Waals surface area contributed by atoms with Crippen molar-refractivity contribution in [2.75, 3.05) is 19.7 Å². The van der Waals surface area contributed by atoms with Gasteiger partial charge in [0.2, 0.25) is 23.6 Å². The van der Waals surface area contributed by atoms with Crippen molar-refractivity contribution in [2.24, 2.45) is 4.99 Å². The third-order valence-corrected chi connectivity index (χ3v) is 13.9. The molecule has 3 aliphatic heterocycles. The number of aliphatic hydroxyl groups is 1. The number of carbonyl (C=O) groups excluding carboxylic acids is 4. The highest BCUT2D eigenvalue weighted by atomic mass is 32.1. The molecule has 2 fully saturated rings. The lowest BCUT2D eigenvalue weighted by atomic mass is 10.0. The molecule has 16 nitrogen and oxygen atoms in total. The van der Waals surface area contributed by atoms with Gasteiger partial charge in [-0.1, -0.05) is 83.3 Å². The summed E-state index contributed by atoms with van der Waals surface area (Å²) in [4.78, 5) is 82.2. The second kappa shape index (κ2) is 16.8. The highest BCUT2D eigenvalue weighted by molar-refractivity contribution is 7.20. The topological polar surface area (TPSA) is 195 Å². The molecule has 0 spiro atoms. The van der Waals surface area contributed by atoms with Gasteiger partial charge in [-0.15, -0.1) is 0 Å². The molecular weight excluding hydrogens is 839 g/mol. The van der Waals surface area contributed by atoms with Gasteiger partial charge in [0.05, 0.1) is 33.7 Å². The number of aromatic nitrogens is 6. The average Bonchev–Trinajstić information content (AvgIpc) is 4.14. The number of fused-ring (bicyclic) bond motifs is 2. The van der Waals surface area contributed by atoms with E-state index in [1.165, 1.54) is 18.3 Å². The zero-order valence-electron chi connectivity index (χ0n) is 34.2. The fraction of sp³-hybridized carbons (Fsp3) is 0.289. The normalized spacial score (nSPS) is 18.5. The van der Waals surface area contributed by atoms with Crippen LogP contribution in [-0.4, -0.2) is 98.7 Å². The molecular formula is C45H43N11O5S2. The van der Waals surface area contributed by atoms with Gasteiger partial charge in [0.1, 0.15) is 35.9 Å². The lowest BCUT2D eigenvalue weighted by Crippen LogP contribution is -2.46. The van der Waals surface area contributed by atoms with Crippen molar-refractivity contribution >= 4 is 67.5 Å². The maximum atomic E-state index is 13.9. The number of imidazole rings is 3. The summed E-state index contributed by atoms with van der Waals surface area (Å²) in [5, 5.41) is 15.0. The number of H-pyrrole nitrogens is 1. The number of carbonyl (C=O) groups is 4. The van der Waals surface area contributed by atoms with Gasteiger partial charge in [0, 0.05) is 63.1 Å². The molecule has 2 aromatic carbocycles. The Bertz CT molecular complexity index is 2860. The first-order chi connectivity index (χ1) is 30.7. The Labute approximate surface area is 369 Å². The molecule has 0 radical (unpaired) electrons. The van der Waals surface area contributed by atoms with Gasteiger partial charge in [-0.05, 0) is 42.4 Å². The summed E-state index contributed by atoms with van der Waals surface area (Å²) in [6.07, 6.45) is 15.5. The van der Waals surface area contributed by atoms with Crippen molar-refractivity contribution in [1.29, 1.82) is 0 Å². The van der Waals surface area contributed by atoms with E-state index in [2.05, 4.69) is 21.8 Å². The molecule has 5 aromatic heterocycles. The van der Waals surface area contributed by atoms with Crippen molar-refractivity contribution in [3.05, 3.63) is 120 Å². The molecule has 0 bridgehead atoms. The minimum absolute atomic E-state index is 0.119. The van der Waals surface area contributed by atoms with Crippen molar-refractivity contribution in [3.63, 3.8) is 0 Å². The molecule has 4 amide bonds. The van der Waals surface area contributed by atoms with Gasteiger partial charge >= 0.3 is 0 Å². The van der Waals surface area contributed by atoms with Gasteiger partial charge < -0.3 is 30.5 Å². The number of rotatable bonds is 12. The smallest absolute Gasteiger partial charge is 0.250 e. The highest BCUT2D eigenvalue weighted by Crippen LogP contribution is 2.38. The molecule has 3 aliphatic rings. The van der Waals surface area contributed by atoms with E-state index < -0.39 is 24.6 Å². The molecule has 1 unspecified atom stereocenters. The Morgan fingerprint density at radius 3 is 1.95 bits per heavy atom. The molecule has 8 heterocycles. The maximum absolute atomic E-state index is 13.9. The van der Waals surface area contributed by atoms with E-state index in [9.17, 15) is 24.3 Å². The first-order valence-electron chi connectivity index (χ1n) is 20.9. The summed E-state index contributed by atoms with van der Waals surface area (Å²) in [5.74, 6) is -0.572. The first-order valence-corrected chi connectivity index (χ1v) is 22.5.